The molecule has 0 aromatic heterocycles. The molecule has 5 heteroatoms. The highest BCUT2D eigenvalue weighted by molar-refractivity contribution is 5.77. The number of amides is 1. The van der Waals surface area contributed by atoms with Crippen molar-refractivity contribution in [3.8, 4) is 0 Å². The van der Waals surface area contributed by atoms with Gasteiger partial charge in [-0.25, -0.2) is 0 Å². The van der Waals surface area contributed by atoms with Crippen LogP contribution in [0.3, 0.4) is 0 Å². The van der Waals surface area contributed by atoms with Gasteiger partial charge in [0.05, 0.1) is 6.54 Å². The van der Waals surface area contributed by atoms with Gasteiger partial charge in [0.1, 0.15) is 0 Å². The summed E-state index contributed by atoms with van der Waals surface area (Å²) in [6, 6.07) is 0.678. The van der Waals surface area contributed by atoms with Crippen molar-refractivity contribution in [1.82, 2.24) is 20.4 Å². The zero-order chi connectivity index (χ0) is 10.7. The molecule has 0 saturated carbocycles. The number of nitrogens with one attached hydrogen (secondary N) is 2. The van der Waals surface area contributed by atoms with Crippen molar-refractivity contribution in [2.75, 3.05) is 52.9 Å². The van der Waals surface area contributed by atoms with E-state index in [1.807, 2.05) is 0 Å². The Bertz CT molecular complexity index is 221. The maximum absolute atomic E-state index is 11.1. The average molecular weight is 212 g/mol. The van der Waals surface area contributed by atoms with Gasteiger partial charge in [0, 0.05) is 52.4 Å². The Kier molecular flexibility index (Phi) is 3.56. The number of nitrogens with zero attached hydrogens (tertiary/aromatic N) is 2. The van der Waals surface area contributed by atoms with Crippen LogP contribution in [0, 0.1) is 0 Å². The van der Waals surface area contributed by atoms with E-state index in [4.69, 9.17) is 0 Å². The van der Waals surface area contributed by atoms with Crippen molar-refractivity contribution in [1.29, 1.82) is 0 Å². The van der Waals surface area contributed by atoms with Gasteiger partial charge < -0.3 is 10.6 Å². The molecule has 0 spiro atoms. The SMILES string of the molecule is CNC(=O)CN1CC(N2CCNCC2)C1. The molecular weight excluding hydrogens is 192 g/mol. The number of hydrogen-bond acceptors (Lipinski definition) is 4. The normalized spacial score (nSPS) is 24.9. The van der Waals surface area contributed by atoms with Gasteiger partial charge in [-0.05, 0) is 0 Å². The summed E-state index contributed by atoms with van der Waals surface area (Å²) in [6.45, 7) is 7.16. The molecule has 2 rings (SSSR count). The van der Waals surface area contributed by atoms with E-state index in [1.54, 1.807) is 7.05 Å². The maximum Gasteiger partial charge on any atom is 0.233 e. The monoisotopic (exact) mass is 212 g/mol. The number of rotatable bonds is 3. The Morgan fingerprint density at radius 1 is 1.40 bits per heavy atom. The molecule has 0 aliphatic carbocycles. The molecule has 2 fully saturated rings. The molecule has 5 nitrogen and oxygen atoms in total. The molecule has 2 aliphatic rings. The molecular formula is C10H20N4O. The van der Waals surface area contributed by atoms with Gasteiger partial charge in [-0.2, -0.15) is 0 Å². The fraction of sp³-hybridized carbons (Fsp3) is 0.900. The number of carbonyl (C=O) groups excluding carboxylic acids is 1. The van der Waals surface area contributed by atoms with Crippen LogP contribution in [-0.2, 0) is 4.79 Å². The van der Waals surface area contributed by atoms with Crippen LogP contribution in [0.2, 0.25) is 0 Å². The minimum absolute atomic E-state index is 0.119. The van der Waals surface area contributed by atoms with Crippen LogP contribution in [-0.4, -0.2) is 74.6 Å². The second kappa shape index (κ2) is 4.92. The van der Waals surface area contributed by atoms with Crippen molar-refractivity contribution in [2.24, 2.45) is 0 Å². The molecule has 86 valence electrons. The first-order chi connectivity index (χ1) is 7.29. The lowest BCUT2D eigenvalue weighted by Crippen LogP contribution is -2.63. The number of likely N-dealkylation sites (tertiary alicyclic amines) is 1. The third kappa shape index (κ3) is 2.68. The number of likely N-dealkylation sites (N-methyl/N-ethyl adjacent to an activating group) is 1. The van der Waals surface area contributed by atoms with Gasteiger partial charge in [-0.1, -0.05) is 0 Å². The lowest BCUT2D eigenvalue weighted by atomic mass is 10.1. The summed E-state index contributed by atoms with van der Waals surface area (Å²) in [7, 11) is 1.69. The van der Waals surface area contributed by atoms with Crippen LogP contribution < -0.4 is 10.6 Å². The fourth-order valence-corrected chi connectivity index (χ4v) is 2.23. The quantitative estimate of drug-likeness (QED) is 0.587. The summed E-state index contributed by atoms with van der Waals surface area (Å²) in [6.07, 6.45) is 0. The van der Waals surface area contributed by atoms with Crippen molar-refractivity contribution in [3.63, 3.8) is 0 Å². The van der Waals surface area contributed by atoms with E-state index in [1.165, 1.54) is 0 Å². The van der Waals surface area contributed by atoms with E-state index in [-0.39, 0.29) is 5.91 Å². The van der Waals surface area contributed by atoms with Crippen molar-refractivity contribution in [3.05, 3.63) is 0 Å². The van der Waals surface area contributed by atoms with Crippen LogP contribution >= 0.6 is 0 Å². The van der Waals surface area contributed by atoms with Crippen LogP contribution in [0.4, 0.5) is 0 Å². The average Bonchev–Trinajstić information content (AvgIpc) is 2.23. The van der Waals surface area contributed by atoms with Gasteiger partial charge in [0.2, 0.25) is 5.91 Å². The Hall–Kier alpha value is -0.650. The topological polar surface area (TPSA) is 47.6 Å². The largest absolute Gasteiger partial charge is 0.358 e. The minimum atomic E-state index is 0.119. The molecule has 0 radical (unpaired) electrons. The molecule has 15 heavy (non-hydrogen) atoms. The number of carbonyl (C=O) groups is 1. The maximum atomic E-state index is 11.1. The first-order valence-electron chi connectivity index (χ1n) is 5.67. The zero-order valence-electron chi connectivity index (χ0n) is 9.33. The van der Waals surface area contributed by atoms with Gasteiger partial charge >= 0.3 is 0 Å². The summed E-state index contributed by atoms with van der Waals surface area (Å²) >= 11 is 0. The summed E-state index contributed by atoms with van der Waals surface area (Å²) in [5.41, 5.74) is 0. The van der Waals surface area contributed by atoms with E-state index in [2.05, 4.69) is 20.4 Å². The first-order valence-corrected chi connectivity index (χ1v) is 5.67. The summed E-state index contributed by atoms with van der Waals surface area (Å²) < 4.78 is 0. The van der Waals surface area contributed by atoms with Gasteiger partial charge in [-0.15, -0.1) is 0 Å². The highest BCUT2D eigenvalue weighted by Gasteiger charge is 2.32. The lowest BCUT2D eigenvalue weighted by Gasteiger charge is -2.46. The van der Waals surface area contributed by atoms with Gasteiger partial charge in [-0.3, -0.25) is 14.6 Å². The molecule has 0 aromatic rings. The Morgan fingerprint density at radius 3 is 2.67 bits per heavy atom. The van der Waals surface area contributed by atoms with E-state index in [9.17, 15) is 4.79 Å². The molecule has 0 aromatic carbocycles. The van der Waals surface area contributed by atoms with Crippen molar-refractivity contribution >= 4 is 5.91 Å². The van der Waals surface area contributed by atoms with E-state index >= 15 is 0 Å². The van der Waals surface area contributed by atoms with Crippen LogP contribution in [0.1, 0.15) is 0 Å². The third-order valence-electron chi connectivity index (χ3n) is 3.25. The predicted molar refractivity (Wildman–Crippen MR) is 58.7 cm³/mol. The molecule has 0 unspecified atom stereocenters. The molecule has 0 bridgehead atoms. The fourth-order valence-electron chi connectivity index (χ4n) is 2.23. The van der Waals surface area contributed by atoms with Crippen LogP contribution in [0.15, 0.2) is 0 Å². The molecule has 0 atom stereocenters. The van der Waals surface area contributed by atoms with E-state index in [0.717, 1.165) is 39.3 Å². The minimum Gasteiger partial charge on any atom is -0.358 e. The Labute approximate surface area is 90.8 Å². The summed E-state index contributed by atoms with van der Waals surface area (Å²) in [5.74, 6) is 0.119. The lowest BCUT2D eigenvalue weighted by molar-refractivity contribution is -0.123. The summed E-state index contributed by atoms with van der Waals surface area (Å²) in [5, 5.41) is 6.01. The Balaban J connectivity index is 1.66. The molecule has 2 heterocycles. The number of hydrogen-bond donors (Lipinski definition) is 2. The summed E-state index contributed by atoms with van der Waals surface area (Å²) in [4.78, 5) is 15.8. The van der Waals surface area contributed by atoms with Crippen molar-refractivity contribution < 1.29 is 4.79 Å². The van der Waals surface area contributed by atoms with Gasteiger partial charge in [0.15, 0.2) is 0 Å². The van der Waals surface area contributed by atoms with E-state index < -0.39 is 0 Å². The molecule has 1 amide bonds. The third-order valence-corrected chi connectivity index (χ3v) is 3.25. The second-order valence-corrected chi connectivity index (χ2v) is 4.31. The number of piperazine rings is 1. The highest BCUT2D eigenvalue weighted by atomic mass is 16.1. The molecule has 2 aliphatic heterocycles. The van der Waals surface area contributed by atoms with Crippen molar-refractivity contribution in [2.45, 2.75) is 6.04 Å². The zero-order valence-corrected chi connectivity index (χ0v) is 9.33. The first kappa shape index (κ1) is 10.9. The Morgan fingerprint density at radius 2 is 2.07 bits per heavy atom. The smallest absolute Gasteiger partial charge is 0.233 e. The molecule has 2 saturated heterocycles. The molecule has 2 N–H and O–H groups in total. The van der Waals surface area contributed by atoms with Crippen LogP contribution in [0.5, 0.6) is 0 Å². The van der Waals surface area contributed by atoms with Crippen LogP contribution in [0.25, 0.3) is 0 Å². The second-order valence-electron chi connectivity index (χ2n) is 4.31. The predicted octanol–water partition coefficient (Wildman–Crippen LogP) is -1.68. The van der Waals surface area contributed by atoms with E-state index in [0.29, 0.717) is 12.6 Å². The highest BCUT2D eigenvalue weighted by Crippen LogP contribution is 2.14. The van der Waals surface area contributed by atoms with Gasteiger partial charge in [0.25, 0.3) is 0 Å². The standard InChI is InChI=1S/C10H20N4O/c1-11-10(15)8-13-6-9(7-13)14-4-2-12-3-5-14/h9,12H,2-8H2,1H3,(H,11,15).